The molecule has 0 bridgehead atoms. The van der Waals surface area contributed by atoms with E-state index in [2.05, 4.69) is 17.1 Å². The summed E-state index contributed by atoms with van der Waals surface area (Å²) in [5.74, 6) is -0.198. The molecule has 136 valence electrons. The van der Waals surface area contributed by atoms with Crippen molar-refractivity contribution in [3.63, 3.8) is 0 Å². The Balaban J connectivity index is 0.00000288. The highest BCUT2D eigenvalue weighted by molar-refractivity contribution is 5.85. The van der Waals surface area contributed by atoms with E-state index in [1.54, 1.807) is 30.1 Å². The number of hydrogen-bond donors (Lipinski definition) is 1. The maximum absolute atomic E-state index is 13.7. The van der Waals surface area contributed by atoms with Gasteiger partial charge in [-0.25, -0.2) is 4.39 Å². The fourth-order valence-corrected chi connectivity index (χ4v) is 3.11. The third kappa shape index (κ3) is 6.04. The second-order valence-corrected chi connectivity index (χ2v) is 6.29. The van der Waals surface area contributed by atoms with E-state index < -0.39 is 0 Å². The lowest BCUT2D eigenvalue weighted by molar-refractivity contribution is -0.132. The molecule has 1 aliphatic heterocycles. The van der Waals surface area contributed by atoms with Crippen LogP contribution < -0.4 is 5.32 Å². The minimum Gasteiger partial charge on any atom is -0.340 e. The van der Waals surface area contributed by atoms with Crippen LogP contribution in [-0.2, 0) is 11.3 Å². The zero-order valence-electron chi connectivity index (χ0n) is 14.6. The number of halogens is 2. The largest absolute Gasteiger partial charge is 0.340 e. The van der Waals surface area contributed by atoms with Gasteiger partial charge < -0.3 is 10.2 Å². The van der Waals surface area contributed by atoms with Crippen molar-refractivity contribution in [3.05, 3.63) is 35.6 Å². The van der Waals surface area contributed by atoms with Crippen molar-refractivity contribution in [3.8, 4) is 0 Å². The highest BCUT2D eigenvalue weighted by Crippen LogP contribution is 2.14. The number of carbonyl (C=O) groups is 1. The van der Waals surface area contributed by atoms with Gasteiger partial charge in [-0.2, -0.15) is 0 Å². The molecule has 0 atom stereocenters. The summed E-state index contributed by atoms with van der Waals surface area (Å²) in [7, 11) is 1.75. The summed E-state index contributed by atoms with van der Waals surface area (Å²) in [6.07, 6.45) is 3.21. The zero-order chi connectivity index (χ0) is 16.7. The number of nitrogens with one attached hydrogen (secondary N) is 1. The molecule has 1 saturated heterocycles. The summed E-state index contributed by atoms with van der Waals surface area (Å²) in [6, 6.07) is 7.11. The maximum atomic E-state index is 13.7. The monoisotopic (exact) mass is 357 g/mol. The van der Waals surface area contributed by atoms with Gasteiger partial charge in [-0.1, -0.05) is 25.1 Å². The Morgan fingerprint density at radius 2 is 1.96 bits per heavy atom. The average Bonchev–Trinajstić information content (AvgIpc) is 2.57. The van der Waals surface area contributed by atoms with Gasteiger partial charge in [-0.15, -0.1) is 12.4 Å². The van der Waals surface area contributed by atoms with Gasteiger partial charge in [0.05, 0.1) is 6.54 Å². The van der Waals surface area contributed by atoms with Crippen LogP contribution in [0, 0.1) is 5.82 Å². The summed E-state index contributed by atoms with van der Waals surface area (Å²) in [5.41, 5.74) is 0.562. The molecule has 0 saturated carbocycles. The Bertz CT molecular complexity index is 509. The van der Waals surface area contributed by atoms with Gasteiger partial charge in [0.2, 0.25) is 5.91 Å². The van der Waals surface area contributed by atoms with Crippen molar-refractivity contribution in [1.29, 1.82) is 0 Å². The SMILES string of the molecule is CCCN(CC(=O)N(C)Cc1ccccc1F)C1CCNCC1.Cl. The number of benzene rings is 1. The molecule has 2 rings (SSSR count). The second-order valence-electron chi connectivity index (χ2n) is 6.29. The van der Waals surface area contributed by atoms with Crippen molar-refractivity contribution >= 4 is 18.3 Å². The smallest absolute Gasteiger partial charge is 0.236 e. The maximum Gasteiger partial charge on any atom is 0.236 e. The molecule has 24 heavy (non-hydrogen) atoms. The molecule has 0 aromatic heterocycles. The number of hydrogen-bond acceptors (Lipinski definition) is 3. The van der Waals surface area contributed by atoms with Gasteiger partial charge in [0.25, 0.3) is 0 Å². The van der Waals surface area contributed by atoms with E-state index in [4.69, 9.17) is 0 Å². The van der Waals surface area contributed by atoms with Crippen molar-refractivity contribution < 1.29 is 9.18 Å². The molecule has 1 aromatic carbocycles. The molecule has 0 radical (unpaired) electrons. The van der Waals surface area contributed by atoms with E-state index >= 15 is 0 Å². The molecular weight excluding hydrogens is 329 g/mol. The minimum absolute atomic E-state index is 0. The van der Waals surface area contributed by atoms with Crippen LogP contribution in [0.1, 0.15) is 31.7 Å². The molecular formula is C18H29ClFN3O. The molecule has 6 heteroatoms. The predicted octanol–water partition coefficient (Wildman–Crippen LogP) is 2.67. The lowest BCUT2D eigenvalue weighted by Crippen LogP contribution is -2.47. The van der Waals surface area contributed by atoms with Crippen LogP contribution in [0.15, 0.2) is 24.3 Å². The van der Waals surface area contributed by atoms with Crippen LogP contribution in [0.5, 0.6) is 0 Å². The van der Waals surface area contributed by atoms with Crippen LogP contribution in [0.3, 0.4) is 0 Å². The van der Waals surface area contributed by atoms with E-state index in [-0.39, 0.29) is 24.1 Å². The molecule has 1 heterocycles. The molecule has 1 aromatic rings. The zero-order valence-corrected chi connectivity index (χ0v) is 15.4. The molecule has 0 aliphatic carbocycles. The van der Waals surface area contributed by atoms with Gasteiger partial charge in [-0.05, 0) is 45.0 Å². The van der Waals surface area contributed by atoms with Crippen molar-refractivity contribution in [1.82, 2.24) is 15.1 Å². The highest BCUT2D eigenvalue weighted by Gasteiger charge is 2.23. The number of amides is 1. The van der Waals surface area contributed by atoms with Crippen LogP contribution in [0.25, 0.3) is 0 Å². The first-order valence-corrected chi connectivity index (χ1v) is 8.54. The fraction of sp³-hybridized carbons (Fsp3) is 0.611. The van der Waals surface area contributed by atoms with Crippen LogP contribution in [0.4, 0.5) is 4.39 Å². The lowest BCUT2D eigenvalue weighted by atomic mass is 10.0. The van der Waals surface area contributed by atoms with E-state index in [9.17, 15) is 9.18 Å². The summed E-state index contributed by atoms with van der Waals surface area (Å²) in [4.78, 5) is 16.5. The van der Waals surface area contributed by atoms with Crippen molar-refractivity contribution in [2.24, 2.45) is 0 Å². The third-order valence-electron chi connectivity index (χ3n) is 4.47. The lowest BCUT2D eigenvalue weighted by Gasteiger charge is -2.35. The molecule has 0 spiro atoms. The number of rotatable bonds is 7. The molecule has 0 unspecified atom stereocenters. The van der Waals surface area contributed by atoms with E-state index in [0.717, 1.165) is 38.9 Å². The number of likely N-dealkylation sites (N-methyl/N-ethyl adjacent to an activating group) is 1. The van der Waals surface area contributed by atoms with Gasteiger partial charge >= 0.3 is 0 Å². The van der Waals surface area contributed by atoms with Crippen molar-refractivity contribution in [2.75, 3.05) is 33.2 Å². The van der Waals surface area contributed by atoms with Gasteiger partial charge in [0.15, 0.2) is 0 Å². The number of nitrogens with zero attached hydrogens (tertiary/aromatic N) is 2. The first-order chi connectivity index (χ1) is 11.1. The van der Waals surface area contributed by atoms with Crippen LogP contribution >= 0.6 is 12.4 Å². The predicted molar refractivity (Wildman–Crippen MR) is 97.9 cm³/mol. The summed E-state index contributed by atoms with van der Waals surface area (Å²) >= 11 is 0. The Kier molecular flexibility index (Phi) is 9.26. The molecule has 1 N–H and O–H groups in total. The Morgan fingerprint density at radius 1 is 1.29 bits per heavy atom. The van der Waals surface area contributed by atoms with Crippen LogP contribution in [-0.4, -0.2) is 55.0 Å². The summed E-state index contributed by atoms with van der Waals surface area (Å²) in [5, 5.41) is 3.36. The molecule has 4 nitrogen and oxygen atoms in total. The quantitative estimate of drug-likeness (QED) is 0.815. The molecule has 1 aliphatic rings. The fourth-order valence-electron chi connectivity index (χ4n) is 3.11. The molecule has 1 fully saturated rings. The van der Waals surface area contributed by atoms with E-state index in [1.807, 2.05) is 0 Å². The first-order valence-electron chi connectivity index (χ1n) is 8.54. The minimum atomic E-state index is -0.254. The number of carbonyl (C=O) groups excluding carboxylic acids is 1. The Labute approximate surface area is 150 Å². The third-order valence-corrected chi connectivity index (χ3v) is 4.47. The van der Waals surface area contributed by atoms with Gasteiger partial charge in [0, 0.05) is 25.2 Å². The second kappa shape index (κ2) is 10.6. The Hall–Kier alpha value is -1.17. The van der Waals surface area contributed by atoms with Crippen molar-refractivity contribution in [2.45, 2.75) is 38.8 Å². The molecule has 1 amide bonds. The van der Waals surface area contributed by atoms with Gasteiger partial charge in [0.1, 0.15) is 5.82 Å². The normalized spacial score (nSPS) is 15.2. The first kappa shape index (κ1) is 20.9. The van der Waals surface area contributed by atoms with E-state index in [1.165, 1.54) is 6.07 Å². The summed E-state index contributed by atoms with van der Waals surface area (Å²) in [6.45, 7) is 5.85. The van der Waals surface area contributed by atoms with Crippen LogP contribution in [0.2, 0.25) is 0 Å². The number of piperidine rings is 1. The highest BCUT2D eigenvalue weighted by atomic mass is 35.5. The standard InChI is InChI=1S/C18H28FN3O.ClH/c1-3-12-22(16-8-10-20-11-9-16)14-18(23)21(2)13-15-6-4-5-7-17(15)19;/h4-7,16,20H,3,8-14H2,1-2H3;1H. The topological polar surface area (TPSA) is 35.6 Å². The van der Waals surface area contributed by atoms with Gasteiger partial charge in [-0.3, -0.25) is 9.69 Å². The average molecular weight is 358 g/mol. The summed E-state index contributed by atoms with van der Waals surface area (Å²) < 4.78 is 13.7. The Morgan fingerprint density at radius 3 is 2.58 bits per heavy atom. The van der Waals surface area contributed by atoms with E-state index in [0.29, 0.717) is 24.7 Å².